The lowest BCUT2D eigenvalue weighted by molar-refractivity contribution is -0.147. The van der Waals surface area contributed by atoms with E-state index in [2.05, 4.69) is 174 Å². The number of aliphatic hydroxyl groups is 14. The summed E-state index contributed by atoms with van der Waals surface area (Å²) in [7, 11) is 0. The van der Waals surface area contributed by atoms with E-state index in [1.807, 2.05) is 127 Å². The third-order valence-corrected chi connectivity index (χ3v) is 21.1. The molecule has 3 aliphatic carbocycles. The fourth-order valence-corrected chi connectivity index (χ4v) is 13.9. The first-order chi connectivity index (χ1) is 60.5. The van der Waals surface area contributed by atoms with E-state index in [9.17, 15) is 61.3 Å². The van der Waals surface area contributed by atoms with E-state index in [0.29, 0.717) is 69.6 Å². The van der Waals surface area contributed by atoms with E-state index in [-0.39, 0.29) is 50.1 Å². The van der Waals surface area contributed by atoms with Gasteiger partial charge in [0.15, 0.2) is 11.6 Å². The predicted octanol–water partition coefficient (Wildman–Crippen LogP) is 11.8. The third kappa shape index (κ3) is 53.5. The lowest BCUT2D eigenvalue weighted by Gasteiger charge is -2.25. The Hall–Kier alpha value is -9.12. The van der Waals surface area contributed by atoms with Crippen molar-refractivity contribution in [1.82, 2.24) is 0 Å². The van der Waals surface area contributed by atoms with Crippen LogP contribution in [0.25, 0.3) is 0 Å². The summed E-state index contributed by atoms with van der Waals surface area (Å²) in [4.78, 5) is 0. The highest BCUT2D eigenvalue weighted by Gasteiger charge is 2.43. The van der Waals surface area contributed by atoms with Crippen molar-refractivity contribution in [2.45, 2.75) is 363 Å². The molecule has 0 radical (unpaired) electrons. The summed E-state index contributed by atoms with van der Waals surface area (Å²) in [5.74, 6) is 64.0. The zero-order chi connectivity index (χ0) is 92.6. The third-order valence-electron chi connectivity index (χ3n) is 21.1. The Kier molecular flexibility index (Phi) is 59.2. The van der Waals surface area contributed by atoms with Crippen molar-refractivity contribution in [2.75, 3.05) is 0 Å². The van der Waals surface area contributed by atoms with Gasteiger partial charge in [0, 0.05) is 57.8 Å². The van der Waals surface area contributed by atoms with Crippen molar-refractivity contribution >= 4 is 0 Å². The van der Waals surface area contributed by atoms with Crippen LogP contribution < -0.4 is 0 Å². The van der Waals surface area contributed by atoms with Gasteiger partial charge in [-0.3, -0.25) is 0 Å². The minimum Gasteiger partial charge on any atom is -0.390 e. The Labute approximate surface area is 754 Å². The van der Waals surface area contributed by atoms with Crippen LogP contribution in [0.4, 0.5) is 0 Å². The van der Waals surface area contributed by atoms with Crippen molar-refractivity contribution in [2.24, 2.45) is 17.8 Å². The van der Waals surface area contributed by atoms with E-state index in [1.54, 1.807) is 0 Å². The number of benzene rings is 3. The summed E-state index contributed by atoms with van der Waals surface area (Å²) in [6, 6.07) is 29.1. The first-order valence-corrected chi connectivity index (χ1v) is 44.7. The molecule has 126 heavy (non-hydrogen) atoms. The smallest absolute Gasteiger partial charge is 0.163 e. The molecule has 5 aliphatic rings. The van der Waals surface area contributed by atoms with Crippen LogP contribution in [0, 0.1) is 160 Å². The van der Waals surface area contributed by atoms with Crippen LogP contribution >= 0.6 is 0 Å². The number of aliphatic hydroxyl groups excluding tert-OH is 14. The highest BCUT2D eigenvalue weighted by Crippen LogP contribution is 2.38. The summed E-state index contributed by atoms with van der Waals surface area (Å²) in [6.07, 6.45) is 19.5. The summed E-state index contributed by atoms with van der Waals surface area (Å²) < 4.78 is 24.1. The molecule has 0 unspecified atom stereocenters. The maximum absolute atomic E-state index is 9.96. The molecule has 18 nitrogen and oxygen atoms in total. The van der Waals surface area contributed by atoms with Gasteiger partial charge in [-0.05, 0) is 172 Å². The minimum atomic E-state index is -0.922. The van der Waals surface area contributed by atoms with Crippen molar-refractivity contribution < 1.29 is 90.4 Å². The van der Waals surface area contributed by atoms with E-state index >= 15 is 0 Å². The molecule has 0 amide bonds. The molecule has 3 saturated carbocycles. The van der Waals surface area contributed by atoms with Gasteiger partial charge in [0.1, 0.15) is 36.6 Å². The van der Waals surface area contributed by atoms with Crippen LogP contribution in [-0.4, -0.2) is 193 Å². The van der Waals surface area contributed by atoms with Gasteiger partial charge in [-0.2, -0.15) is 0 Å². The van der Waals surface area contributed by atoms with Gasteiger partial charge in [-0.25, -0.2) is 0 Å². The molecule has 0 bridgehead atoms. The average Bonchev–Trinajstić information content (AvgIpc) is 1.68. The number of hydrogen-bond donors (Lipinski definition) is 14. The highest BCUT2D eigenvalue weighted by molar-refractivity contribution is 5.33. The summed E-state index contributed by atoms with van der Waals surface area (Å²) in [5.41, 5.74) is 3.14. The molecule has 14 N–H and O–H groups in total. The van der Waals surface area contributed by atoms with Crippen LogP contribution in [-0.2, 0) is 38.2 Å². The van der Waals surface area contributed by atoms with Crippen LogP contribution in [0.15, 0.2) is 129 Å². The minimum absolute atomic E-state index is 0.0253. The Morgan fingerprint density at radius 2 is 0.587 bits per heavy atom. The molecule has 680 valence electrons. The lowest BCUT2D eigenvalue weighted by atomic mass is 9.84. The summed E-state index contributed by atoms with van der Waals surface area (Å²) in [6.45, 7) is 23.6. The molecule has 2 aliphatic heterocycles. The van der Waals surface area contributed by atoms with E-state index in [0.717, 1.165) is 55.6 Å². The highest BCUT2D eigenvalue weighted by atomic mass is 16.8. The molecule has 18 atom stereocenters. The first kappa shape index (κ1) is 111. The molecule has 0 spiro atoms. The second-order valence-corrected chi connectivity index (χ2v) is 32.7. The molecular weight excluding hydrogens is 1590 g/mol. The van der Waals surface area contributed by atoms with Gasteiger partial charge in [0.05, 0.1) is 73.2 Å². The van der Waals surface area contributed by atoms with Crippen molar-refractivity contribution in [3.8, 4) is 142 Å². The maximum Gasteiger partial charge on any atom is 0.163 e. The zero-order valence-corrected chi connectivity index (χ0v) is 75.2. The van der Waals surface area contributed by atoms with Crippen LogP contribution in [0.2, 0.25) is 0 Å². The Bertz CT molecular complexity index is 4380. The molecule has 18 heteroatoms. The average molecular weight is 1730 g/mol. The number of hydrogen-bond acceptors (Lipinski definition) is 18. The van der Waals surface area contributed by atoms with Crippen LogP contribution in [0.1, 0.15) is 239 Å². The fourth-order valence-electron chi connectivity index (χ4n) is 13.9. The SMILES string of the molecule is C=C[C@@H](O)C#CC#CC[C@H]1OC(C)(C)O[C@@H]1Cc1ccccc1.C=C[C@H](O)C#CC#CC[C@@H](O)[C@H](O)CC1CCCCC1.C=C[C@H](O)C#CC#CC[C@@H](O)[C@H](O)Cc1ccccc1.CC[C@H](O)C#CC#CC[C@@H](O)[C@H](O)CC1CCCCC1.CC[C@H](O)C#CC#CC[C@@H](O)[C@H](O)Cc1ccccc1.CC[C@H](O)C#CC#CC[C@H]1OC(C)(C)O[C@@H]1CC1CCCCC1. The Morgan fingerprint density at radius 1 is 0.317 bits per heavy atom. The molecule has 3 aromatic carbocycles. The standard InChI is InChI=1S/C20H30O3.C20H22O3.C17H26O3.C17H24O3.C17H20O3.C17H18O3/c2*1-4-17(21)13-9-6-10-14-18-19(23-20(2,3)22-18)15-16-11-7-5-8-12-16;4*1-2-15(18)11-7-4-8-12-16(19)17(20)13-14-9-5-3-6-10-14/h16-19,21H,4-5,7-8,11-12,14-15H2,1-3H3;4-5,7-8,11-12,17-19,21H,1,14-15H2,2-3H3;14-20H,2-3,5-6,9-10,12-13H2,1H3;2,14-20H,1,3,5-6,9-10,12-13H2;3,5-6,9-10,15-20H,2,12-13H2,1H3;2-3,5-6,9-10,15-20H,1,12-13H2/t17-,18+,19+;17-,18-,19-;4*15-,16+,17+/m010000/s1. The molecule has 8 rings (SSSR count). The Balaban J connectivity index is 0.000000391. The normalized spacial score (nSPS) is 20.2. The lowest BCUT2D eigenvalue weighted by Crippen LogP contribution is -2.28. The van der Waals surface area contributed by atoms with Crippen molar-refractivity contribution in [1.29, 1.82) is 0 Å². The molecule has 2 saturated heterocycles. The Morgan fingerprint density at radius 3 is 0.905 bits per heavy atom. The van der Waals surface area contributed by atoms with Crippen LogP contribution in [0.3, 0.4) is 0 Å². The number of rotatable bonds is 28. The first-order valence-electron chi connectivity index (χ1n) is 44.7. The number of ether oxygens (including phenoxy) is 4. The second kappa shape index (κ2) is 67.2. The van der Waals surface area contributed by atoms with Gasteiger partial charge in [-0.1, -0.05) is 317 Å². The monoisotopic (exact) mass is 1730 g/mol. The molecule has 0 aromatic heterocycles. The summed E-state index contributed by atoms with van der Waals surface area (Å²) in [5, 5.41) is 134. The molecule has 2 heterocycles. The van der Waals surface area contributed by atoms with E-state index in [1.165, 1.54) is 94.4 Å². The molecule has 3 aromatic rings. The zero-order valence-electron chi connectivity index (χ0n) is 75.2. The largest absolute Gasteiger partial charge is 0.390 e. The molecule has 5 fully saturated rings. The van der Waals surface area contributed by atoms with Gasteiger partial charge in [-0.15, -0.1) is 0 Å². The predicted molar refractivity (Wildman–Crippen MR) is 498 cm³/mol. The van der Waals surface area contributed by atoms with Gasteiger partial charge < -0.3 is 90.4 Å². The molecular formula is C108H140O18. The van der Waals surface area contributed by atoms with Gasteiger partial charge in [0.2, 0.25) is 0 Å². The maximum atomic E-state index is 9.96. The van der Waals surface area contributed by atoms with Crippen LogP contribution in [0.5, 0.6) is 0 Å². The van der Waals surface area contributed by atoms with E-state index in [4.69, 9.17) is 29.2 Å². The van der Waals surface area contributed by atoms with Crippen molar-refractivity contribution in [3.63, 3.8) is 0 Å². The fraction of sp³-hybridized carbons (Fsp3) is 0.556. The van der Waals surface area contributed by atoms with Gasteiger partial charge >= 0.3 is 0 Å². The quantitative estimate of drug-likeness (QED) is 0.0237. The van der Waals surface area contributed by atoms with Gasteiger partial charge in [0.25, 0.3) is 0 Å². The van der Waals surface area contributed by atoms with E-state index < -0.39 is 97.0 Å². The second-order valence-electron chi connectivity index (χ2n) is 32.7. The topological polar surface area (TPSA) is 320 Å². The van der Waals surface area contributed by atoms with Crippen molar-refractivity contribution in [3.05, 3.63) is 146 Å². The summed E-state index contributed by atoms with van der Waals surface area (Å²) >= 11 is 0.